The highest BCUT2D eigenvalue weighted by Gasteiger charge is 2.40. The average Bonchev–Trinajstić information content (AvgIpc) is 2.92. The summed E-state index contributed by atoms with van der Waals surface area (Å²) in [6.07, 6.45) is 3.27. The van der Waals surface area contributed by atoms with E-state index in [1.807, 2.05) is 11.8 Å². The lowest BCUT2D eigenvalue weighted by atomic mass is 9.78. The fraction of sp³-hybridized carbons (Fsp3) is 0.562. The number of fused-ring (bicyclic) bond motifs is 1. The number of nitrogens with zero attached hydrogens (tertiary/aromatic N) is 2. The number of carbonyl (C=O) groups is 1. The molecule has 3 rings (SSSR count). The first kappa shape index (κ1) is 15.0. The number of nitrogens with two attached hydrogens (primary N) is 1. The second-order valence-corrected chi connectivity index (χ2v) is 6.49. The van der Waals surface area contributed by atoms with Crippen LogP contribution in [0.1, 0.15) is 35.2 Å². The molecule has 1 amide bonds. The molecule has 1 saturated heterocycles. The molecule has 1 aliphatic carbocycles. The van der Waals surface area contributed by atoms with Crippen molar-refractivity contribution in [3.05, 3.63) is 39.4 Å². The van der Waals surface area contributed by atoms with Crippen LogP contribution in [0, 0.1) is 28.9 Å². The van der Waals surface area contributed by atoms with Gasteiger partial charge in [0.05, 0.1) is 4.92 Å². The molecule has 2 N–H and O–H groups in total. The van der Waals surface area contributed by atoms with Crippen molar-refractivity contribution < 1.29 is 9.72 Å². The number of amides is 1. The van der Waals surface area contributed by atoms with Gasteiger partial charge in [0, 0.05) is 36.8 Å². The lowest BCUT2D eigenvalue weighted by molar-refractivity contribution is -0.384. The molecule has 118 valence electrons. The van der Waals surface area contributed by atoms with Crippen molar-refractivity contribution in [3.8, 4) is 0 Å². The molecule has 2 fully saturated rings. The van der Waals surface area contributed by atoms with E-state index in [0.29, 0.717) is 23.9 Å². The first-order valence-electron chi connectivity index (χ1n) is 7.77. The molecule has 22 heavy (non-hydrogen) atoms. The Labute approximate surface area is 129 Å². The average molecular weight is 303 g/mol. The summed E-state index contributed by atoms with van der Waals surface area (Å²) in [7, 11) is 0. The lowest BCUT2D eigenvalue weighted by Crippen LogP contribution is -2.38. The van der Waals surface area contributed by atoms with Gasteiger partial charge >= 0.3 is 0 Å². The van der Waals surface area contributed by atoms with Crippen molar-refractivity contribution in [2.75, 3.05) is 13.1 Å². The van der Waals surface area contributed by atoms with Gasteiger partial charge in [-0.05, 0) is 37.2 Å². The zero-order chi connectivity index (χ0) is 15.9. The molecule has 2 aliphatic rings. The highest BCUT2D eigenvalue weighted by Crippen LogP contribution is 2.36. The van der Waals surface area contributed by atoms with Crippen molar-refractivity contribution in [2.45, 2.75) is 32.2 Å². The van der Waals surface area contributed by atoms with Gasteiger partial charge in [-0.25, -0.2) is 0 Å². The van der Waals surface area contributed by atoms with Crippen molar-refractivity contribution >= 4 is 11.6 Å². The predicted molar refractivity (Wildman–Crippen MR) is 82.5 cm³/mol. The molecule has 6 heteroatoms. The van der Waals surface area contributed by atoms with E-state index in [2.05, 4.69) is 0 Å². The van der Waals surface area contributed by atoms with Crippen LogP contribution in [0.15, 0.2) is 18.2 Å². The monoisotopic (exact) mass is 303 g/mol. The van der Waals surface area contributed by atoms with E-state index in [-0.39, 0.29) is 17.6 Å². The van der Waals surface area contributed by atoms with E-state index in [1.165, 1.54) is 12.1 Å². The van der Waals surface area contributed by atoms with Crippen LogP contribution in [-0.2, 0) is 0 Å². The van der Waals surface area contributed by atoms with E-state index < -0.39 is 4.92 Å². The Balaban J connectivity index is 1.83. The largest absolute Gasteiger partial charge is 0.338 e. The van der Waals surface area contributed by atoms with Crippen LogP contribution in [0.4, 0.5) is 5.69 Å². The molecule has 1 aromatic rings. The number of nitro benzene ring substituents is 1. The third-order valence-electron chi connectivity index (χ3n) is 5.10. The van der Waals surface area contributed by atoms with Gasteiger partial charge in [-0.3, -0.25) is 14.9 Å². The van der Waals surface area contributed by atoms with Gasteiger partial charge in [0.25, 0.3) is 11.6 Å². The number of hydrogen-bond donors (Lipinski definition) is 1. The number of benzene rings is 1. The van der Waals surface area contributed by atoms with E-state index in [9.17, 15) is 14.9 Å². The summed E-state index contributed by atoms with van der Waals surface area (Å²) in [5.41, 5.74) is 7.35. The van der Waals surface area contributed by atoms with Crippen LogP contribution in [0.2, 0.25) is 0 Å². The SMILES string of the molecule is Cc1ccc([N+](=O)[O-])cc1C(=O)N1CC2CCCC(N)C2C1. The molecule has 0 aromatic heterocycles. The minimum atomic E-state index is -0.462. The smallest absolute Gasteiger partial charge is 0.270 e. The molecule has 1 aliphatic heterocycles. The predicted octanol–water partition coefficient (Wildman–Crippen LogP) is 2.10. The van der Waals surface area contributed by atoms with E-state index in [0.717, 1.165) is 31.4 Å². The number of nitro groups is 1. The van der Waals surface area contributed by atoms with Gasteiger partial charge in [0.2, 0.25) is 0 Å². The van der Waals surface area contributed by atoms with Crippen LogP contribution in [0.25, 0.3) is 0 Å². The Bertz CT molecular complexity index is 617. The summed E-state index contributed by atoms with van der Waals surface area (Å²) in [4.78, 5) is 25.0. The number of likely N-dealkylation sites (tertiary alicyclic amines) is 1. The molecule has 1 heterocycles. The second kappa shape index (κ2) is 5.68. The van der Waals surface area contributed by atoms with Gasteiger partial charge < -0.3 is 10.6 Å². The molecular formula is C16H21N3O3. The normalized spacial score (nSPS) is 27.5. The summed E-state index contributed by atoms with van der Waals surface area (Å²) in [6.45, 7) is 3.21. The summed E-state index contributed by atoms with van der Waals surface area (Å²) < 4.78 is 0. The molecule has 1 saturated carbocycles. The molecular weight excluding hydrogens is 282 g/mol. The first-order valence-corrected chi connectivity index (χ1v) is 7.77. The molecule has 3 unspecified atom stereocenters. The fourth-order valence-electron chi connectivity index (χ4n) is 3.81. The number of carbonyl (C=O) groups excluding carboxylic acids is 1. The van der Waals surface area contributed by atoms with Crippen LogP contribution < -0.4 is 5.73 Å². The topological polar surface area (TPSA) is 89.5 Å². The molecule has 0 bridgehead atoms. The van der Waals surface area contributed by atoms with Crippen LogP contribution >= 0.6 is 0 Å². The number of hydrogen-bond acceptors (Lipinski definition) is 4. The summed E-state index contributed by atoms with van der Waals surface area (Å²) in [6, 6.07) is 4.63. The number of non-ortho nitro benzene ring substituents is 1. The van der Waals surface area contributed by atoms with Crippen molar-refractivity contribution in [2.24, 2.45) is 17.6 Å². The molecule has 3 atom stereocenters. The Morgan fingerprint density at radius 1 is 1.36 bits per heavy atom. The zero-order valence-corrected chi connectivity index (χ0v) is 12.7. The van der Waals surface area contributed by atoms with Crippen molar-refractivity contribution in [1.82, 2.24) is 4.90 Å². The number of rotatable bonds is 2. The van der Waals surface area contributed by atoms with E-state index >= 15 is 0 Å². The Hall–Kier alpha value is -1.95. The van der Waals surface area contributed by atoms with E-state index in [1.54, 1.807) is 6.07 Å². The quantitative estimate of drug-likeness (QED) is 0.669. The third kappa shape index (κ3) is 2.59. The maximum absolute atomic E-state index is 12.8. The highest BCUT2D eigenvalue weighted by molar-refractivity contribution is 5.96. The zero-order valence-electron chi connectivity index (χ0n) is 12.7. The third-order valence-corrected chi connectivity index (χ3v) is 5.10. The van der Waals surface area contributed by atoms with Crippen molar-refractivity contribution in [1.29, 1.82) is 0 Å². The minimum absolute atomic E-state index is 0.0396. The Morgan fingerprint density at radius 2 is 2.14 bits per heavy atom. The Kier molecular flexibility index (Phi) is 3.87. The molecule has 6 nitrogen and oxygen atoms in total. The maximum Gasteiger partial charge on any atom is 0.270 e. The first-order chi connectivity index (χ1) is 10.5. The fourth-order valence-corrected chi connectivity index (χ4v) is 3.81. The van der Waals surface area contributed by atoms with Gasteiger partial charge in [0.1, 0.15) is 0 Å². The van der Waals surface area contributed by atoms with Gasteiger partial charge in [0.15, 0.2) is 0 Å². The standard InChI is InChI=1S/C16H21N3O3/c1-10-5-6-12(19(21)22)7-13(10)16(20)18-8-11-3-2-4-15(17)14(11)9-18/h5-7,11,14-15H,2-4,8-9,17H2,1H3. The minimum Gasteiger partial charge on any atom is -0.338 e. The molecule has 1 aromatic carbocycles. The van der Waals surface area contributed by atoms with Crippen LogP contribution in [0.3, 0.4) is 0 Å². The highest BCUT2D eigenvalue weighted by atomic mass is 16.6. The second-order valence-electron chi connectivity index (χ2n) is 6.49. The van der Waals surface area contributed by atoms with Crippen LogP contribution in [0.5, 0.6) is 0 Å². The molecule has 0 radical (unpaired) electrons. The van der Waals surface area contributed by atoms with Crippen molar-refractivity contribution in [3.63, 3.8) is 0 Å². The van der Waals surface area contributed by atoms with Gasteiger partial charge in [-0.15, -0.1) is 0 Å². The van der Waals surface area contributed by atoms with Crippen LogP contribution in [-0.4, -0.2) is 34.9 Å². The Morgan fingerprint density at radius 3 is 2.82 bits per heavy atom. The molecule has 0 spiro atoms. The van der Waals surface area contributed by atoms with Gasteiger partial charge in [-0.1, -0.05) is 12.5 Å². The summed E-state index contributed by atoms with van der Waals surface area (Å²) in [5, 5.41) is 10.9. The van der Waals surface area contributed by atoms with E-state index in [4.69, 9.17) is 5.73 Å². The summed E-state index contributed by atoms with van der Waals surface area (Å²) >= 11 is 0. The lowest BCUT2D eigenvalue weighted by Gasteiger charge is -2.29. The maximum atomic E-state index is 12.8. The summed E-state index contributed by atoms with van der Waals surface area (Å²) in [5.74, 6) is 0.742. The van der Waals surface area contributed by atoms with Gasteiger partial charge in [-0.2, -0.15) is 0 Å². The number of aryl methyl sites for hydroxylation is 1.